The second kappa shape index (κ2) is 4.90. The highest BCUT2D eigenvalue weighted by molar-refractivity contribution is 5.18. The number of hydrogen-bond donors (Lipinski definition) is 1. The fourth-order valence-electron chi connectivity index (χ4n) is 1.22. The molecule has 0 aromatic heterocycles. The van der Waals surface area contributed by atoms with E-state index in [9.17, 15) is 0 Å². The lowest BCUT2D eigenvalue weighted by atomic mass is 10.1. The average Bonchev–Trinajstić information content (AvgIpc) is 2.94. The van der Waals surface area contributed by atoms with Gasteiger partial charge in [-0.15, -0.1) is 0 Å². The van der Waals surface area contributed by atoms with E-state index in [1.807, 2.05) is 6.08 Å². The van der Waals surface area contributed by atoms with E-state index in [4.69, 9.17) is 5.11 Å². The second-order valence-corrected chi connectivity index (χ2v) is 3.79. The minimum atomic E-state index is 0.241. The molecule has 0 heterocycles. The lowest BCUT2D eigenvalue weighted by Crippen LogP contribution is -1.80. The zero-order valence-electron chi connectivity index (χ0n) is 8.29. The van der Waals surface area contributed by atoms with Crippen molar-refractivity contribution >= 4 is 0 Å². The molecule has 0 radical (unpaired) electrons. The molecule has 0 aromatic carbocycles. The van der Waals surface area contributed by atoms with Crippen LogP contribution in [-0.4, -0.2) is 5.11 Å². The molecule has 0 amide bonds. The van der Waals surface area contributed by atoms with E-state index in [-0.39, 0.29) is 5.76 Å². The number of hydrogen-bond acceptors (Lipinski definition) is 1. The molecule has 1 heteroatoms. The monoisotopic (exact) mass is 178 g/mol. The van der Waals surface area contributed by atoms with Crippen LogP contribution in [0, 0.1) is 5.92 Å². The quantitative estimate of drug-likeness (QED) is 0.502. The molecule has 13 heavy (non-hydrogen) atoms. The van der Waals surface area contributed by atoms with Gasteiger partial charge >= 0.3 is 0 Å². The van der Waals surface area contributed by atoms with E-state index < -0.39 is 0 Å². The largest absolute Gasteiger partial charge is 0.508 e. The first kappa shape index (κ1) is 10.1. The molecule has 1 aliphatic carbocycles. The van der Waals surface area contributed by atoms with Crippen molar-refractivity contribution in [1.29, 1.82) is 0 Å². The Labute approximate surface area is 80.5 Å². The van der Waals surface area contributed by atoms with E-state index in [1.165, 1.54) is 30.9 Å². The number of aliphatic hydroxyl groups excluding tert-OH is 1. The Bertz CT molecular complexity index is 232. The molecular formula is C12H18O. The van der Waals surface area contributed by atoms with Crippen molar-refractivity contribution in [2.45, 2.75) is 32.6 Å². The molecule has 0 atom stereocenters. The number of aliphatic hydroxyl groups is 1. The van der Waals surface area contributed by atoms with Gasteiger partial charge in [-0.25, -0.2) is 0 Å². The van der Waals surface area contributed by atoms with E-state index >= 15 is 0 Å². The molecule has 0 bridgehead atoms. The minimum Gasteiger partial charge on any atom is -0.508 e. The predicted molar refractivity (Wildman–Crippen MR) is 56.6 cm³/mol. The van der Waals surface area contributed by atoms with Gasteiger partial charge in [-0.1, -0.05) is 31.1 Å². The third kappa shape index (κ3) is 4.56. The number of rotatable bonds is 5. The summed E-state index contributed by atoms with van der Waals surface area (Å²) in [5, 5.41) is 9.10. The van der Waals surface area contributed by atoms with Gasteiger partial charge < -0.3 is 5.11 Å². The first-order valence-electron chi connectivity index (χ1n) is 4.91. The molecule has 0 aliphatic heterocycles. The van der Waals surface area contributed by atoms with Gasteiger partial charge in [0, 0.05) is 0 Å². The summed E-state index contributed by atoms with van der Waals surface area (Å²) in [6, 6.07) is 0. The first-order chi connectivity index (χ1) is 6.22. The van der Waals surface area contributed by atoms with Gasteiger partial charge in [0.15, 0.2) is 0 Å². The third-order valence-electron chi connectivity index (χ3n) is 2.39. The van der Waals surface area contributed by atoms with Crippen LogP contribution < -0.4 is 0 Å². The molecule has 1 aliphatic rings. The van der Waals surface area contributed by atoms with Crippen LogP contribution in [0.4, 0.5) is 0 Å². The SMILES string of the molecule is C=C/C(O)=C\C=C(/C)CCC1CC1. The Morgan fingerprint density at radius 3 is 2.69 bits per heavy atom. The summed E-state index contributed by atoms with van der Waals surface area (Å²) < 4.78 is 0. The highest BCUT2D eigenvalue weighted by Gasteiger charge is 2.20. The minimum absolute atomic E-state index is 0.241. The van der Waals surface area contributed by atoms with E-state index in [0.29, 0.717) is 0 Å². The highest BCUT2D eigenvalue weighted by atomic mass is 16.3. The topological polar surface area (TPSA) is 20.2 Å². The van der Waals surface area contributed by atoms with Crippen molar-refractivity contribution < 1.29 is 5.11 Å². The molecule has 1 N–H and O–H groups in total. The highest BCUT2D eigenvalue weighted by Crippen LogP contribution is 2.34. The summed E-state index contributed by atoms with van der Waals surface area (Å²) in [5.41, 5.74) is 1.33. The van der Waals surface area contributed by atoms with Gasteiger partial charge in [0.25, 0.3) is 0 Å². The normalized spacial score (nSPS) is 18.8. The van der Waals surface area contributed by atoms with Crippen molar-refractivity contribution in [3.05, 3.63) is 36.1 Å². The maximum absolute atomic E-state index is 9.10. The van der Waals surface area contributed by atoms with Crippen LogP contribution in [0.3, 0.4) is 0 Å². The van der Waals surface area contributed by atoms with Gasteiger partial charge in [0.1, 0.15) is 5.76 Å². The molecule has 1 fully saturated rings. The molecule has 0 saturated heterocycles. The maximum atomic E-state index is 9.10. The fourth-order valence-corrected chi connectivity index (χ4v) is 1.22. The van der Waals surface area contributed by atoms with Crippen LogP contribution in [0.2, 0.25) is 0 Å². The van der Waals surface area contributed by atoms with Gasteiger partial charge in [-0.05, 0) is 37.8 Å². The Balaban J connectivity index is 2.26. The average molecular weight is 178 g/mol. The summed E-state index contributed by atoms with van der Waals surface area (Å²) in [7, 11) is 0. The second-order valence-electron chi connectivity index (χ2n) is 3.79. The zero-order chi connectivity index (χ0) is 9.68. The van der Waals surface area contributed by atoms with Crippen molar-refractivity contribution in [1.82, 2.24) is 0 Å². The molecule has 0 aromatic rings. The van der Waals surface area contributed by atoms with Crippen molar-refractivity contribution in [2.75, 3.05) is 0 Å². The summed E-state index contributed by atoms with van der Waals surface area (Å²) in [6.45, 7) is 5.58. The third-order valence-corrected chi connectivity index (χ3v) is 2.39. The van der Waals surface area contributed by atoms with Crippen LogP contribution in [0.25, 0.3) is 0 Å². The summed E-state index contributed by atoms with van der Waals surface area (Å²) in [4.78, 5) is 0. The van der Waals surface area contributed by atoms with Gasteiger partial charge in [0.2, 0.25) is 0 Å². The van der Waals surface area contributed by atoms with Crippen LogP contribution in [-0.2, 0) is 0 Å². The smallest absolute Gasteiger partial charge is 0.114 e. The van der Waals surface area contributed by atoms with Crippen molar-refractivity contribution in [2.24, 2.45) is 5.92 Å². The number of allylic oxidation sites excluding steroid dienone is 4. The Morgan fingerprint density at radius 1 is 1.46 bits per heavy atom. The standard InChI is InChI=1S/C12H18O/c1-3-12(13)9-5-10(2)4-6-11-7-8-11/h3,5,9,11,13H,1,4,6-8H2,2H3/b10-5+,12-9+. The van der Waals surface area contributed by atoms with E-state index in [1.54, 1.807) is 6.08 Å². The predicted octanol–water partition coefficient (Wildman–Crippen LogP) is 3.75. The molecule has 1 rings (SSSR count). The molecule has 1 saturated carbocycles. The Kier molecular flexibility index (Phi) is 3.81. The summed E-state index contributed by atoms with van der Waals surface area (Å²) in [6.07, 6.45) is 10.4. The van der Waals surface area contributed by atoms with Crippen molar-refractivity contribution in [3.8, 4) is 0 Å². The van der Waals surface area contributed by atoms with E-state index in [0.717, 1.165) is 12.3 Å². The molecule has 72 valence electrons. The van der Waals surface area contributed by atoms with Gasteiger partial charge in [-0.3, -0.25) is 0 Å². The Morgan fingerprint density at radius 2 is 2.15 bits per heavy atom. The lowest BCUT2D eigenvalue weighted by Gasteiger charge is -1.97. The lowest BCUT2D eigenvalue weighted by molar-refractivity contribution is 0.433. The van der Waals surface area contributed by atoms with Gasteiger partial charge in [-0.2, -0.15) is 0 Å². The molecular weight excluding hydrogens is 160 g/mol. The fraction of sp³-hybridized carbons (Fsp3) is 0.500. The summed E-state index contributed by atoms with van der Waals surface area (Å²) >= 11 is 0. The zero-order valence-corrected chi connectivity index (χ0v) is 8.29. The molecule has 1 nitrogen and oxygen atoms in total. The van der Waals surface area contributed by atoms with E-state index in [2.05, 4.69) is 13.5 Å². The van der Waals surface area contributed by atoms with Crippen LogP contribution in [0.1, 0.15) is 32.6 Å². The summed E-state index contributed by atoms with van der Waals surface area (Å²) in [5.74, 6) is 1.23. The van der Waals surface area contributed by atoms with Crippen LogP contribution in [0.5, 0.6) is 0 Å². The Hall–Kier alpha value is -0.980. The first-order valence-corrected chi connectivity index (χ1v) is 4.91. The molecule has 0 spiro atoms. The van der Waals surface area contributed by atoms with Crippen molar-refractivity contribution in [3.63, 3.8) is 0 Å². The van der Waals surface area contributed by atoms with Gasteiger partial charge in [0.05, 0.1) is 0 Å². The maximum Gasteiger partial charge on any atom is 0.114 e. The molecule has 0 unspecified atom stereocenters. The van der Waals surface area contributed by atoms with Crippen LogP contribution in [0.15, 0.2) is 36.1 Å². The van der Waals surface area contributed by atoms with Crippen LogP contribution >= 0.6 is 0 Å².